The fraction of sp³-hybridized carbons (Fsp3) is 0.583. The lowest BCUT2D eigenvalue weighted by molar-refractivity contribution is 0.00976. The summed E-state index contributed by atoms with van der Waals surface area (Å²) in [5, 5.41) is 0. The van der Waals surface area contributed by atoms with E-state index in [0.717, 1.165) is 0 Å². The molecule has 8 heteroatoms. The summed E-state index contributed by atoms with van der Waals surface area (Å²) >= 11 is 0. The van der Waals surface area contributed by atoms with Gasteiger partial charge in [0.05, 0.1) is 52.9 Å². The van der Waals surface area contributed by atoms with E-state index in [-0.39, 0.29) is 0 Å². The molecule has 180 valence electrons. The third kappa shape index (κ3) is 10.9. The second kappa shape index (κ2) is 17.3. The molecule has 1 aliphatic heterocycles. The van der Waals surface area contributed by atoms with Gasteiger partial charge in [0.15, 0.2) is 23.0 Å². The average Bonchev–Trinajstić information content (AvgIpc) is 2.82. The molecule has 0 radical (unpaired) electrons. The minimum Gasteiger partial charge on any atom is -0.488 e. The van der Waals surface area contributed by atoms with E-state index in [1.807, 2.05) is 50.3 Å². The summed E-state index contributed by atoms with van der Waals surface area (Å²) in [7, 11) is 0. The molecule has 0 bridgehead atoms. The third-order valence-electron chi connectivity index (χ3n) is 4.30. The molecule has 0 saturated carbocycles. The molecule has 0 atom stereocenters. The first-order valence-corrected chi connectivity index (χ1v) is 11.1. The molecule has 8 nitrogen and oxygen atoms in total. The zero-order valence-electron chi connectivity index (χ0n) is 19.2. The Kier molecular flexibility index (Phi) is 14.1. The van der Waals surface area contributed by atoms with Gasteiger partial charge >= 0.3 is 0 Å². The van der Waals surface area contributed by atoms with E-state index in [2.05, 4.69) is 0 Å². The maximum Gasteiger partial charge on any atom is 0.161 e. The second-order valence-electron chi connectivity index (χ2n) is 6.60. The molecule has 0 N–H and O–H groups in total. The van der Waals surface area contributed by atoms with Crippen molar-refractivity contribution in [3.8, 4) is 11.5 Å². The largest absolute Gasteiger partial charge is 0.488 e. The SMILES string of the molecule is C/C=C1/OCCOCCOCCOc2ccccc2OCCOCCOCCO/C1=C/C. The van der Waals surface area contributed by atoms with Crippen molar-refractivity contribution >= 4 is 0 Å². The quantitative estimate of drug-likeness (QED) is 0.593. The first-order valence-electron chi connectivity index (χ1n) is 11.1. The lowest BCUT2D eigenvalue weighted by Crippen LogP contribution is -2.15. The minimum absolute atomic E-state index is 0.425. The first kappa shape index (κ1) is 26.0. The van der Waals surface area contributed by atoms with Gasteiger partial charge in [-0.25, -0.2) is 0 Å². The Morgan fingerprint density at radius 1 is 0.469 bits per heavy atom. The number of allylic oxidation sites excluding steroid dienone is 2. The van der Waals surface area contributed by atoms with Gasteiger partial charge < -0.3 is 37.9 Å². The van der Waals surface area contributed by atoms with E-state index in [9.17, 15) is 0 Å². The molecule has 1 heterocycles. The van der Waals surface area contributed by atoms with Crippen LogP contribution in [0.2, 0.25) is 0 Å². The Hall–Kier alpha value is -2.26. The molecule has 32 heavy (non-hydrogen) atoms. The third-order valence-corrected chi connectivity index (χ3v) is 4.30. The first-order chi connectivity index (χ1) is 15.8. The van der Waals surface area contributed by atoms with Crippen LogP contribution in [0.3, 0.4) is 0 Å². The molecular weight excluding hydrogens is 416 g/mol. The number of fused-ring (bicyclic) bond motifs is 1. The fourth-order valence-electron chi connectivity index (χ4n) is 2.77. The summed E-state index contributed by atoms with van der Waals surface area (Å²) in [5.74, 6) is 2.73. The Bertz CT molecular complexity index is 617. The lowest BCUT2D eigenvalue weighted by Gasteiger charge is -2.15. The van der Waals surface area contributed by atoms with Crippen LogP contribution in [0, 0.1) is 0 Å². The summed E-state index contributed by atoms with van der Waals surface area (Å²) in [4.78, 5) is 0. The van der Waals surface area contributed by atoms with E-state index < -0.39 is 0 Å². The van der Waals surface area contributed by atoms with Crippen LogP contribution in [0.25, 0.3) is 0 Å². The molecule has 0 fully saturated rings. The molecule has 0 amide bonds. The maximum absolute atomic E-state index is 5.78. The molecule has 0 aromatic heterocycles. The predicted octanol–water partition coefficient (Wildman–Crippen LogP) is 3.37. The average molecular weight is 453 g/mol. The molecule has 0 spiro atoms. The highest BCUT2D eigenvalue weighted by atomic mass is 16.6. The molecule has 1 aliphatic rings. The number of hydrogen-bond donors (Lipinski definition) is 0. The van der Waals surface area contributed by atoms with E-state index in [1.54, 1.807) is 0 Å². The molecule has 0 unspecified atom stereocenters. The van der Waals surface area contributed by atoms with Gasteiger partial charge in [-0.3, -0.25) is 0 Å². The monoisotopic (exact) mass is 452 g/mol. The minimum atomic E-state index is 0.425. The number of ether oxygens (including phenoxy) is 8. The predicted molar refractivity (Wildman–Crippen MR) is 120 cm³/mol. The van der Waals surface area contributed by atoms with Crippen LogP contribution in [0.15, 0.2) is 47.9 Å². The van der Waals surface area contributed by atoms with Crippen molar-refractivity contribution < 1.29 is 37.9 Å². The lowest BCUT2D eigenvalue weighted by atomic mass is 10.3. The van der Waals surface area contributed by atoms with Crippen molar-refractivity contribution in [3.63, 3.8) is 0 Å². The van der Waals surface area contributed by atoms with Gasteiger partial charge in [0, 0.05) is 0 Å². The van der Waals surface area contributed by atoms with Crippen LogP contribution in [-0.4, -0.2) is 79.3 Å². The molecule has 0 aliphatic carbocycles. The van der Waals surface area contributed by atoms with Crippen LogP contribution < -0.4 is 9.47 Å². The van der Waals surface area contributed by atoms with Crippen molar-refractivity contribution in [1.29, 1.82) is 0 Å². The zero-order chi connectivity index (χ0) is 22.7. The van der Waals surface area contributed by atoms with Crippen molar-refractivity contribution in [1.82, 2.24) is 0 Å². The van der Waals surface area contributed by atoms with Crippen LogP contribution in [0.5, 0.6) is 11.5 Å². The highest BCUT2D eigenvalue weighted by Crippen LogP contribution is 2.26. The van der Waals surface area contributed by atoms with Crippen molar-refractivity contribution in [2.75, 3.05) is 79.3 Å². The second-order valence-corrected chi connectivity index (χ2v) is 6.60. The van der Waals surface area contributed by atoms with Crippen molar-refractivity contribution in [2.45, 2.75) is 13.8 Å². The van der Waals surface area contributed by atoms with Gasteiger partial charge in [-0.1, -0.05) is 12.1 Å². The van der Waals surface area contributed by atoms with Crippen molar-refractivity contribution in [2.24, 2.45) is 0 Å². The molecule has 2 rings (SSSR count). The summed E-state index contributed by atoms with van der Waals surface area (Å²) < 4.78 is 45.3. The van der Waals surface area contributed by atoms with E-state index in [4.69, 9.17) is 37.9 Å². The highest BCUT2D eigenvalue weighted by molar-refractivity contribution is 5.39. The van der Waals surface area contributed by atoms with Crippen LogP contribution in [-0.2, 0) is 28.4 Å². The number of hydrogen-bond acceptors (Lipinski definition) is 8. The Balaban J connectivity index is 1.80. The van der Waals surface area contributed by atoms with E-state index in [1.165, 1.54) is 0 Å². The van der Waals surface area contributed by atoms with E-state index >= 15 is 0 Å². The summed E-state index contributed by atoms with van der Waals surface area (Å²) in [6.07, 6.45) is 3.74. The number of rotatable bonds is 0. The van der Waals surface area contributed by atoms with Gasteiger partial charge in [0.25, 0.3) is 0 Å². The summed E-state index contributed by atoms with van der Waals surface area (Å²) in [5.41, 5.74) is 0. The zero-order valence-corrected chi connectivity index (χ0v) is 19.2. The number of benzene rings is 1. The topological polar surface area (TPSA) is 73.8 Å². The van der Waals surface area contributed by atoms with Crippen LogP contribution in [0.4, 0.5) is 0 Å². The smallest absolute Gasteiger partial charge is 0.161 e. The summed E-state index contributed by atoms with van der Waals surface area (Å²) in [6.45, 7) is 9.29. The fourth-order valence-corrected chi connectivity index (χ4v) is 2.77. The van der Waals surface area contributed by atoms with Gasteiger partial charge in [-0.05, 0) is 38.1 Å². The maximum atomic E-state index is 5.78. The molecular formula is C24H36O8. The summed E-state index contributed by atoms with van der Waals surface area (Å²) in [6, 6.07) is 7.56. The van der Waals surface area contributed by atoms with Gasteiger partial charge in [0.2, 0.25) is 0 Å². The van der Waals surface area contributed by atoms with Gasteiger partial charge in [-0.2, -0.15) is 0 Å². The van der Waals surface area contributed by atoms with Gasteiger partial charge in [0.1, 0.15) is 26.4 Å². The highest BCUT2D eigenvalue weighted by Gasteiger charge is 2.07. The standard InChI is InChI=1S/C24H36O8/c1-3-21-22(4-2)30-18-14-26-10-12-28-16-20-32-24-8-6-5-7-23(24)31-19-15-27-11-9-25-13-17-29-21/h3-8H,9-20H2,1-2H3/b21-3+,22-4+. The Morgan fingerprint density at radius 3 is 1.12 bits per heavy atom. The van der Waals surface area contributed by atoms with Crippen LogP contribution in [0.1, 0.15) is 13.8 Å². The van der Waals surface area contributed by atoms with E-state index in [0.29, 0.717) is 102 Å². The normalized spacial score (nSPS) is 21.8. The van der Waals surface area contributed by atoms with Crippen molar-refractivity contribution in [3.05, 3.63) is 47.9 Å². The Morgan fingerprint density at radius 2 is 0.781 bits per heavy atom. The Labute approximate surface area is 191 Å². The van der Waals surface area contributed by atoms with Gasteiger partial charge in [-0.15, -0.1) is 0 Å². The van der Waals surface area contributed by atoms with Crippen LogP contribution >= 0.6 is 0 Å². The molecule has 1 aromatic carbocycles. The molecule has 0 saturated heterocycles. The number of para-hydroxylation sites is 2. The molecule has 1 aromatic rings.